The number of amides is 1. The number of morpholine rings is 1. The summed E-state index contributed by atoms with van der Waals surface area (Å²) >= 11 is 0. The van der Waals surface area contributed by atoms with Crippen LogP contribution in [-0.2, 0) is 11.3 Å². The largest absolute Gasteiger partial charge is 0.497 e. The summed E-state index contributed by atoms with van der Waals surface area (Å²) in [6.45, 7) is 6.88. The lowest BCUT2D eigenvalue weighted by Crippen LogP contribution is -2.43. The molecule has 2 fully saturated rings. The highest BCUT2D eigenvalue weighted by Crippen LogP contribution is 2.34. The highest BCUT2D eigenvalue weighted by Gasteiger charge is 2.28. The predicted octanol–water partition coefficient (Wildman–Crippen LogP) is 3.93. The van der Waals surface area contributed by atoms with Gasteiger partial charge < -0.3 is 23.8 Å². The number of hydrogen-bond acceptors (Lipinski definition) is 7. The van der Waals surface area contributed by atoms with Gasteiger partial charge in [0.15, 0.2) is 0 Å². The molecule has 2 aliphatic heterocycles. The Hall–Kier alpha value is -3.36. The minimum atomic E-state index is -0.0326. The SMILES string of the molecule is COc1cccc(C(=O)N(CCN2CCOCC2)Cc2c(-c3ccccc3)noc2N2CCCC2)c1. The van der Waals surface area contributed by atoms with E-state index in [1.165, 1.54) is 0 Å². The quantitative estimate of drug-likeness (QED) is 0.450. The zero-order valence-corrected chi connectivity index (χ0v) is 20.9. The molecular weight excluding hydrogens is 456 g/mol. The third-order valence-corrected chi connectivity index (χ3v) is 6.95. The molecule has 3 aromatic rings. The van der Waals surface area contributed by atoms with Gasteiger partial charge in [0.05, 0.1) is 32.4 Å². The Morgan fingerprint density at radius 3 is 2.56 bits per heavy atom. The van der Waals surface area contributed by atoms with Crippen LogP contribution in [0.25, 0.3) is 11.3 Å². The van der Waals surface area contributed by atoms with Crippen LogP contribution in [0, 0.1) is 0 Å². The number of benzene rings is 2. The van der Waals surface area contributed by atoms with E-state index in [2.05, 4.69) is 15.0 Å². The van der Waals surface area contributed by atoms with Gasteiger partial charge >= 0.3 is 0 Å². The lowest BCUT2D eigenvalue weighted by Gasteiger charge is -2.30. The van der Waals surface area contributed by atoms with E-state index < -0.39 is 0 Å². The number of carbonyl (C=O) groups is 1. The number of carbonyl (C=O) groups excluding carboxylic acids is 1. The minimum absolute atomic E-state index is 0.0326. The number of methoxy groups -OCH3 is 1. The fourth-order valence-electron chi connectivity index (χ4n) is 4.90. The molecule has 8 heteroatoms. The van der Waals surface area contributed by atoms with Gasteiger partial charge in [-0.15, -0.1) is 0 Å². The van der Waals surface area contributed by atoms with Crippen molar-refractivity contribution in [3.63, 3.8) is 0 Å². The molecule has 0 atom stereocenters. The van der Waals surface area contributed by atoms with Gasteiger partial charge in [-0.3, -0.25) is 9.69 Å². The molecule has 190 valence electrons. The number of ether oxygens (including phenoxy) is 2. The van der Waals surface area contributed by atoms with Gasteiger partial charge in [-0.1, -0.05) is 41.6 Å². The normalized spacial score (nSPS) is 16.3. The van der Waals surface area contributed by atoms with Crippen LogP contribution in [0.5, 0.6) is 5.75 Å². The summed E-state index contributed by atoms with van der Waals surface area (Å²) in [6.07, 6.45) is 2.26. The number of rotatable bonds is 9. The Morgan fingerprint density at radius 1 is 1.03 bits per heavy atom. The van der Waals surface area contributed by atoms with E-state index in [0.29, 0.717) is 24.4 Å². The maximum Gasteiger partial charge on any atom is 0.254 e. The molecule has 2 aromatic carbocycles. The first-order chi connectivity index (χ1) is 17.7. The third kappa shape index (κ3) is 5.55. The molecule has 36 heavy (non-hydrogen) atoms. The van der Waals surface area contributed by atoms with Crippen LogP contribution >= 0.6 is 0 Å². The average molecular weight is 491 g/mol. The molecule has 0 N–H and O–H groups in total. The minimum Gasteiger partial charge on any atom is -0.497 e. The van der Waals surface area contributed by atoms with Crippen molar-refractivity contribution in [1.82, 2.24) is 15.0 Å². The maximum atomic E-state index is 13.9. The van der Waals surface area contributed by atoms with Crippen molar-refractivity contribution < 1.29 is 18.8 Å². The molecule has 3 heterocycles. The molecule has 0 spiro atoms. The van der Waals surface area contributed by atoms with E-state index in [4.69, 9.17) is 14.0 Å². The molecule has 1 amide bonds. The second kappa shape index (κ2) is 11.6. The summed E-state index contributed by atoms with van der Waals surface area (Å²) in [4.78, 5) is 20.4. The van der Waals surface area contributed by atoms with Crippen molar-refractivity contribution in [3.8, 4) is 17.0 Å². The van der Waals surface area contributed by atoms with Crippen LogP contribution < -0.4 is 9.64 Å². The highest BCUT2D eigenvalue weighted by molar-refractivity contribution is 5.94. The van der Waals surface area contributed by atoms with Gasteiger partial charge in [0, 0.05) is 50.4 Å². The summed E-state index contributed by atoms with van der Waals surface area (Å²) < 4.78 is 16.8. The maximum absolute atomic E-state index is 13.9. The molecule has 0 aliphatic carbocycles. The first kappa shape index (κ1) is 24.3. The number of anilines is 1. The molecule has 2 aliphatic rings. The van der Waals surface area contributed by atoms with Crippen molar-refractivity contribution in [1.29, 1.82) is 0 Å². The smallest absolute Gasteiger partial charge is 0.254 e. The first-order valence-electron chi connectivity index (χ1n) is 12.8. The summed E-state index contributed by atoms with van der Waals surface area (Å²) in [5, 5.41) is 4.49. The Morgan fingerprint density at radius 2 is 1.81 bits per heavy atom. The summed E-state index contributed by atoms with van der Waals surface area (Å²) in [5.41, 5.74) is 3.36. The van der Waals surface area contributed by atoms with Crippen molar-refractivity contribution in [2.24, 2.45) is 0 Å². The molecule has 0 radical (unpaired) electrons. The number of aromatic nitrogens is 1. The fraction of sp³-hybridized carbons (Fsp3) is 0.429. The van der Waals surface area contributed by atoms with E-state index in [1.807, 2.05) is 53.4 Å². The van der Waals surface area contributed by atoms with Gasteiger partial charge in [-0.2, -0.15) is 0 Å². The predicted molar refractivity (Wildman–Crippen MR) is 138 cm³/mol. The van der Waals surface area contributed by atoms with E-state index in [0.717, 1.165) is 81.5 Å². The van der Waals surface area contributed by atoms with Crippen LogP contribution in [0.2, 0.25) is 0 Å². The summed E-state index contributed by atoms with van der Waals surface area (Å²) in [6, 6.07) is 17.4. The van der Waals surface area contributed by atoms with Gasteiger partial charge in [-0.25, -0.2) is 0 Å². The van der Waals surface area contributed by atoms with Crippen molar-refractivity contribution in [3.05, 3.63) is 65.7 Å². The monoisotopic (exact) mass is 490 g/mol. The van der Waals surface area contributed by atoms with Gasteiger partial charge in [-0.05, 0) is 31.0 Å². The Balaban J connectivity index is 1.47. The van der Waals surface area contributed by atoms with Crippen molar-refractivity contribution in [2.45, 2.75) is 19.4 Å². The van der Waals surface area contributed by atoms with E-state index in [-0.39, 0.29) is 5.91 Å². The van der Waals surface area contributed by atoms with Crippen LogP contribution in [0.4, 0.5) is 5.88 Å². The standard InChI is InChI=1S/C28H34N4O4/c1-34-24-11-7-10-23(20-24)27(33)32(15-14-30-16-18-35-19-17-30)21-25-26(22-8-3-2-4-9-22)29-36-28(25)31-12-5-6-13-31/h2-4,7-11,20H,5-6,12-19,21H2,1H3. The van der Waals surface area contributed by atoms with E-state index >= 15 is 0 Å². The van der Waals surface area contributed by atoms with Crippen LogP contribution in [0.1, 0.15) is 28.8 Å². The fourth-order valence-corrected chi connectivity index (χ4v) is 4.90. The lowest BCUT2D eigenvalue weighted by molar-refractivity contribution is 0.0320. The molecule has 0 bridgehead atoms. The highest BCUT2D eigenvalue weighted by atomic mass is 16.5. The molecule has 0 unspecified atom stereocenters. The zero-order valence-electron chi connectivity index (χ0n) is 20.9. The first-order valence-corrected chi connectivity index (χ1v) is 12.8. The number of hydrogen-bond donors (Lipinski definition) is 0. The van der Waals surface area contributed by atoms with Gasteiger partial charge in [0.25, 0.3) is 5.91 Å². The Bertz CT molecular complexity index is 1140. The summed E-state index contributed by atoms with van der Waals surface area (Å²) in [5.74, 6) is 1.41. The van der Waals surface area contributed by atoms with Crippen LogP contribution in [-0.4, -0.2) is 80.5 Å². The van der Waals surface area contributed by atoms with Crippen molar-refractivity contribution in [2.75, 3.05) is 64.5 Å². The second-order valence-electron chi connectivity index (χ2n) is 9.29. The van der Waals surface area contributed by atoms with E-state index in [9.17, 15) is 4.79 Å². The lowest BCUT2D eigenvalue weighted by atomic mass is 10.1. The molecule has 2 saturated heterocycles. The zero-order chi connectivity index (χ0) is 24.7. The van der Waals surface area contributed by atoms with Crippen LogP contribution in [0.3, 0.4) is 0 Å². The summed E-state index contributed by atoms with van der Waals surface area (Å²) in [7, 11) is 1.62. The molecule has 0 saturated carbocycles. The van der Waals surface area contributed by atoms with Gasteiger partial charge in [0.1, 0.15) is 11.4 Å². The Labute approximate surface area is 212 Å². The van der Waals surface area contributed by atoms with Crippen LogP contribution in [0.15, 0.2) is 59.1 Å². The molecular formula is C28H34N4O4. The van der Waals surface area contributed by atoms with Crippen molar-refractivity contribution >= 4 is 11.8 Å². The number of nitrogens with zero attached hydrogens (tertiary/aromatic N) is 4. The third-order valence-electron chi connectivity index (χ3n) is 6.95. The second-order valence-corrected chi connectivity index (χ2v) is 9.29. The molecule has 5 rings (SSSR count). The average Bonchev–Trinajstić information content (AvgIpc) is 3.62. The molecule has 8 nitrogen and oxygen atoms in total. The topological polar surface area (TPSA) is 71.3 Å². The van der Waals surface area contributed by atoms with Gasteiger partial charge in [0.2, 0.25) is 5.88 Å². The van der Waals surface area contributed by atoms with E-state index in [1.54, 1.807) is 13.2 Å². The molecule has 1 aromatic heterocycles. The Kier molecular flexibility index (Phi) is 7.83.